The summed E-state index contributed by atoms with van der Waals surface area (Å²) < 4.78 is 7.00. The molecule has 10 heteroatoms. The van der Waals surface area contributed by atoms with Crippen LogP contribution in [0.1, 0.15) is 56.4 Å². The van der Waals surface area contributed by atoms with Crippen molar-refractivity contribution in [3.05, 3.63) is 99.5 Å². The number of amides is 1. The molecule has 9 nitrogen and oxygen atoms in total. The lowest BCUT2D eigenvalue weighted by molar-refractivity contribution is -0.132. The minimum atomic E-state index is -0.987. The molecular formula is C30H28N4O5S. The summed E-state index contributed by atoms with van der Waals surface area (Å²) in [6.07, 6.45) is 4.09. The van der Waals surface area contributed by atoms with Crippen molar-refractivity contribution in [2.75, 3.05) is 11.5 Å². The van der Waals surface area contributed by atoms with E-state index in [1.165, 1.54) is 11.0 Å². The highest BCUT2D eigenvalue weighted by Crippen LogP contribution is 2.44. The van der Waals surface area contributed by atoms with Crippen molar-refractivity contribution >= 4 is 45.5 Å². The number of pyridine rings is 1. The number of aromatic nitrogens is 3. The fourth-order valence-electron chi connectivity index (χ4n) is 4.83. The number of aryl methyl sites for hydroxylation is 4. The lowest BCUT2D eigenvalue weighted by Crippen LogP contribution is -2.29. The number of imidazole rings is 1. The Balaban J connectivity index is 1.71. The van der Waals surface area contributed by atoms with Crippen LogP contribution in [-0.2, 0) is 20.7 Å². The number of thiazole rings is 1. The maximum atomic E-state index is 13.6. The van der Waals surface area contributed by atoms with E-state index in [2.05, 4.69) is 16.5 Å². The number of hydrogen-bond donors (Lipinski definition) is 1. The monoisotopic (exact) mass is 556 g/mol. The molecule has 40 heavy (non-hydrogen) atoms. The number of carbonyl (C=O) groups is 3. The quantitative estimate of drug-likeness (QED) is 0.109. The summed E-state index contributed by atoms with van der Waals surface area (Å²) in [5.74, 6) is -2.69. The minimum absolute atomic E-state index is 0.0254. The van der Waals surface area contributed by atoms with Crippen molar-refractivity contribution < 1.29 is 24.2 Å². The van der Waals surface area contributed by atoms with Gasteiger partial charge in [-0.1, -0.05) is 61.2 Å². The Morgan fingerprint density at radius 2 is 1.88 bits per heavy atom. The molecule has 1 saturated heterocycles. The highest BCUT2D eigenvalue weighted by atomic mass is 32.1. The molecule has 1 aliphatic heterocycles. The first kappa shape index (κ1) is 27.0. The van der Waals surface area contributed by atoms with Crippen LogP contribution in [-0.4, -0.2) is 43.7 Å². The molecule has 1 N–H and O–H groups in total. The highest BCUT2D eigenvalue weighted by molar-refractivity contribution is 7.17. The number of ketones is 1. The van der Waals surface area contributed by atoms with Crippen molar-refractivity contribution in [1.29, 1.82) is 0 Å². The summed E-state index contributed by atoms with van der Waals surface area (Å²) >= 11 is 0.955. The SMILES string of the molecule is C=CCOC(=O)c1sc(N2C(=O)C(=O)C(=C(O)c3nc4c(C)cccn4c3C)C2c2ccc(CC)cc2)nc1C. The van der Waals surface area contributed by atoms with E-state index in [9.17, 15) is 19.5 Å². The van der Waals surface area contributed by atoms with E-state index in [0.717, 1.165) is 28.9 Å². The average molecular weight is 557 g/mol. The predicted molar refractivity (Wildman–Crippen MR) is 153 cm³/mol. The van der Waals surface area contributed by atoms with Crippen LogP contribution in [0.5, 0.6) is 0 Å². The summed E-state index contributed by atoms with van der Waals surface area (Å²) in [7, 11) is 0. The third kappa shape index (κ3) is 4.40. The number of Topliss-reactive ketones (excluding diaryl/α,β-unsaturated/α-hetero) is 1. The smallest absolute Gasteiger partial charge is 0.350 e. The minimum Gasteiger partial charge on any atom is -0.505 e. The fourth-order valence-corrected chi connectivity index (χ4v) is 5.82. The first-order valence-electron chi connectivity index (χ1n) is 12.8. The summed E-state index contributed by atoms with van der Waals surface area (Å²) in [5.41, 5.74) is 4.32. The van der Waals surface area contributed by atoms with Crippen molar-refractivity contribution in [2.45, 2.75) is 40.2 Å². The van der Waals surface area contributed by atoms with E-state index in [1.807, 2.05) is 60.8 Å². The van der Waals surface area contributed by atoms with Gasteiger partial charge in [-0.25, -0.2) is 14.8 Å². The molecule has 0 spiro atoms. The van der Waals surface area contributed by atoms with Gasteiger partial charge in [-0.2, -0.15) is 0 Å². The molecule has 1 unspecified atom stereocenters. The van der Waals surface area contributed by atoms with Gasteiger partial charge in [0.25, 0.3) is 5.78 Å². The van der Waals surface area contributed by atoms with Gasteiger partial charge in [0.05, 0.1) is 23.0 Å². The molecule has 1 amide bonds. The van der Waals surface area contributed by atoms with Crippen molar-refractivity contribution in [1.82, 2.24) is 14.4 Å². The Hall–Kier alpha value is -4.57. The van der Waals surface area contributed by atoms with E-state index in [4.69, 9.17) is 4.74 Å². The van der Waals surface area contributed by atoms with Gasteiger partial charge < -0.3 is 14.2 Å². The fraction of sp³-hybridized carbons (Fsp3) is 0.233. The molecule has 4 aromatic rings. The number of aliphatic hydroxyl groups excluding tert-OH is 1. The zero-order chi connectivity index (χ0) is 28.7. The molecule has 5 rings (SSSR count). The Morgan fingerprint density at radius 1 is 1.15 bits per heavy atom. The third-order valence-electron chi connectivity index (χ3n) is 6.97. The van der Waals surface area contributed by atoms with Crippen LogP contribution < -0.4 is 4.90 Å². The van der Waals surface area contributed by atoms with Gasteiger partial charge in [-0.3, -0.25) is 14.5 Å². The summed E-state index contributed by atoms with van der Waals surface area (Å²) in [4.78, 5) is 50.3. The third-order valence-corrected chi connectivity index (χ3v) is 8.10. The number of nitrogens with zero attached hydrogens (tertiary/aromatic N) is 4. The number of anilines is 1. The first-order chi connectivity index (χ1) is 19.2. The van der Waals surface area contributed by atoms with E-state index in [0.29, 0.717) is 22.6 Å². The van der Waals surface area contributed by atoms with Crippen LogP contribution in [0.3, 0.4) is 0 Å². The normalized spacial score (nSPS) is 16.6. The number of benzene rings is 1. The van der Waals surface area contributed by atoms with Gasteiger partial charge in [-0.15, -0.1) is 0 Å². The van der Waals surface area contributed by atoms with Gasteiger partial charge in [0.15, 0.2) is 10.9 Å². The van der Waals surface area contributed by atoms with Crippen LogP contribution in [0.4, 0.5) is 5.13 Å². The molecule has 0 radical (unpaired) electrons. The highest BCUT2D eigenvalue weighted by Gasteiger charge is 2.49. The second-order valence-electron chi connectivity index (χ2n) is 9.49. The van der Waals surface area contributed by atoms with Crippen LogP contribution in [0.2, 0.25) is 0 Å². The summed E-state index contributed by atoms with van der Waals surface area (Å²) in [6.45, 7) is 10.9. The molecule has 0 bridgehead atoms. The van der Waals surface area contributed by atoms with E-state index >= 15 is 0 Å². The molecule has 0 aliphatic carbocycles. The number of carbonyl (C=O) groups excluding carboxylic acids is 3. The number of fused-ring (bicyclic) bond motifs is 1. The van der Waals surface area contributed by atoms with Crippen molar-refractivity contribution in [3.63, 3.8) is 0 Å². The standard InChI is InChI=1S/C30H28N4O5S/c1-6-15-39-29(38)26-17(4)31-30(40-26)34-23(20-12-10-19(7-2)11-13-20)21(25(36)28(34)37)24(35)22-18(5)33-14-8-9-16(3)27(33)32-22/h6,8-14,23,35H,1,7,15H2,2-5H3. The second-order valence-corrected chi connectivity index (χ2v) is 10.5. The molecule has 3 aromatic heterocycles. The molecule has 1 aliphatic rings. The van der Waals surface area contributed by atoms with E-state index < -0.39 is 23.7 Å². The number of hydrogen-bond acceptors (Lipinski definition) is 8. The molecular weight excluding hydrogens is 528 g/mol. The molecule has 1 aromatic carbocycles. The van der Waals surface area contributed by atoms with Crippen LogP contribution in [0.25, 0.3) is 11.4 Å². The van der Waals surface area contributed by atoms with Gasteiger partial charge >= 0.3 is 11.9 Å². The van der Waals surface area contributed by atoms with Gasteiger partial charge in [0.2, 0.25) is 0 Å². The van der Waals surface area contributed by atoms with Crippen LogP contribution in [0.15, 0.2) is 60.8 Å². The Labute approximate surface area is 235 Å². The number of aliphatic hydroxyl groups is 1. The number of esters is 1. The molecule has 204 valence electrons. The number of rotatable bonds is 7. The Bertz CT molecular complexity index is 1710. The zero-order valence-corrected chi connectivity index (χ0v) is 23.4. The second kappa shape index (κ2) is 10.5. The maximum absolute atomic E-state index is 13.6. The Morgan fingerprint density at radius 3 is 2.52 bits per heavy atom. The van der Waals surface area contributed by atoms with Crippen molar-refractivity contribution in [2.24, 2.45) is 0 Å². The summed E-state index contributed by atoms with van der Waals surface area (Å²) in [6, 6.07) is 10.3. The van der Waals surface area contributed by atoms with Gasteiger partial charge in [0, 0.05) is 6.20 Å². The Kier molecular flexibility index (Phi) is 7.12. The largest absolute Gasteiger partial charge is 0.505 e. The molecule has 1 fully saturated rings. The van der Waals surface area contributed by atoms with Gasteiger partial charge in [-0.05, 0) is 49.9 Å². The molecule has 0 saturated carbocycles. The maximum Gasteiger partial charge on any atom is 0.350 e. The first-order valence-corrected chi connectivity index (χ1v) is 13.6. The lowest BCUT2D eigenvalue weighted by Gasteiger charge is -2.23. The molecule has 4 heterocycles. The average Bonchev–Trinajstić information content (AvgIpc) is 3.59. The lowest BCUT2D eigenvalue weighted by atomic mass is 9.95. The zero-order valence-electron chi connectivity index (χ0n) is 22.6. The van der Waals surface area contributed by atoms with Crippen LogP contribution in [0, 0.1) is 20.8 Å². The molecule has 1 atom stereocenters. The predicted octanol–water partition coefficient (Wildman–Crippen LogP) is 5.25. The topological polar surface area (TPSA) is 114 Å². The van der Waals surface area contributed by atoms with E-state index in [1.54, 1.807) is 13.8 Å². The van der Waals surface area contributed by atoms with Gasteiger partial charge in [0.1, 0.15) is 22.8 Å². The van der Waals surface area contributed by atoms with Crippen molar-refractivity contribution in [3.8, 4) is 0 Å². The van der Waals surface area contributed by atoms with Crippen LogP contribution >= 0.6 is 11.3 Å². The number of ether oxygens (including phenoxy) is 1. The van der Waals surface area contributed by atoms with E-state index in [-0.39, 0.29) is 33.6 Å². The summed E-state index contributed by atoms with van der Waals surface area (Å²) in [5, 5.41) is 11.8.